The van der Waals surface area contributed by atoms with E-state index in [9.17, 15) is 0 Å². The summed E-state index contributed by atoms with van der Waals surface area (Å²) in [5.74, 6) is 1.38. The molecule has 3 heterocycles. The first-order chi connectivity index (χ1) is 9.88. The Kier molecular flexibility index (Phi) is 4.06. The Morgan fingerprint density at radius 2 is 2.30 bits per heavy atom. The summed E-state index contributed by atoms with van der Waals surface area (Å²) in [6.45, 7) is 3.13. The van der Waals surface area contributed by atoms with Crippen molar-refractivity contribution in [1.29, 1.82) is 0 Å². The molecule has 0 saturated carbocycles. The fourth-order valence-corrected chi connectivity index (χ4v) is 2.65. The highest BCUT2D eigenvalue weighted by atomic mass is 16.5. The van der Waals surface area contributed by atoms with E-state index in [0.29, 0.717) is 11.7 Å². The van der Waals surface area contributed by atoms with E-state index < -0.39 is 0 Å². The lowest BCUT2D eigenvalue weighted by atomic mass is 10.1. The zero-order valence-corrected chi connectivity index (χ0v) is 11.8. The molecule has 3 rings (SSSR count). The van der Waals surface area contributed by atoms with E-state index in [0.717, 1.165) is 30.5 Å². The van der Waals surface area contributed by atoms with Crippen LogP contribution in [0, 0.1) is 0 Å². The van der Waals surface area contributed by atoms with Crippen molar-refractivity contribution in [1.82, 2.24) is 20.4 Å². The standard InChI is InChI=1S/C15H20N4O/c1-2-11-10-16-9-7-12(11)14-18-15(20-19-14)13-6-4-3-5-8-17-13/h7,9-10,13,17H,2-6,8H2,1H3. The molecule has 5 nitrogen and oxygen atoms in total. The summed E-state index contributed by atoms with van der Waals surface area (Å²) in [5, 5.41) is 7.63. The summed E-state index contributed by atoms with van der Waals surface area (Å²) >= 11 is 0. The van der Waals surface area contributed by atoms with E-state index in [4.69, 9.17) is 4.52 Å². The average Bonchev–Trinajstić information content (AvgIpc) is 2.82. The molecule has 1 N–H and O–H groups in total. The van der Waals surface area contributed by atoms with Gasteiger partial charge >= 0.3 is 0 Å². The Morgan fingerprint density at radius 1 is 1.35 bits per heavy atom. The Bertz CT molecular complexity index is 559. The zero-order valence-electron chi connectivity index (χ0n) is 11.8. The van der Waals surface area contributed by atoms with Crippen molar-refractivity contribution in [2.75, 3.05) is 6.54 Å². The van der Waals surface area contributed by atoms with Gasteiger partial charge in [0.1, 0.15) is 0 Å². The topological polar surface area (TPSA) is 63.8 Å². The normalized spacial score (nSPS) is 19.8. The Labute approximate surface area is 118 Å². The quantitative estimate of drug-likeness (QED) is 0.930. The molecule has 5 heteroatoms. The van der Waals surface area contributed by atoms with Gasteiger partial charge in [0.25, 0.3) is 0 Å². The second kappa shape index (κ2) is 6.13. The molecule has 1 fully saturated rings. The number of nitrogens with zero attached hydrogens (tertiary/aromatic N) is 3. The zero-order chi connectivity index (χ0) is 13.8. The Balaban J connectivity index is 1.85. The van der Waals surface area contributed by atoms with Crippen LogP contribution < -0.4 is 5.32 Å². The first-order valence-electron chi connectivity index (χ1n) is 7.38. The van der Waals surface area contributed by atoms with E-state index in [-0.39, 0.29) is 6.04 Å². The SMILES string of the molecule is CCc1cnccc1-c1noc(C2CCCCCN2)n1. The molecule has 0 radical (unpaired) electrons. The lowest BCUT2D eigenvalue weighted by Crippen LogP contribution is -2.20. The fourth-order valence-electron chi connectivity index (χ4n) is 2.65. The molecule has 0 aromatic carbocycles. The second-order valence-electron chi connectivity index (χ2n) is 5.20. The summed E-state index contributed by atoms with van der Waals surface area (Å²) < 4.78 is 5.47. The third-order valence-corrected chi connectivity index (χ3v) is 3.83. The predicted molar refractivity (Wildman–Crippen MR) is 76.1 cm³/mol. The van der Waals surface area contributed by atoms with E-state index in [2.05, 4.69) is 27.4 Å². The monoisotopic (exact) mass is 272 g/mol. The molecule has 0 spiro atoms. The summed E-state index contributed by atoms with van der Waals surface area (Å²) in [6.07, 6.45) is 9.33. The molecule has 1 aliphatic rings. The number of aryl methyl sites for hydroxylation is 1. The van der Waals surface area contributed by atoms with Crippen molar-refractivity contribution in [3.05, 3.63) is 29.9 Å². The van der Waals surface area contributed by atoms with Crippen LogP contribution in [-0.4, -0.2) is 21.7 Å². The Hall–Kier alpha value is -1.75. The van der Waals surface area contributed by atoms with E-state index >= 15 is 0 Å². The number of hydrogen-bond acceptors (Lipinski definition) is 5. The van der Waals surface area contributed by atoms with Crippen molar-refractivity contribution >= 4 is 0 Å². The van der Waals surface area contributed by atoms with Gasteiger partial charge in [-0.3, -0.25) is 4.98 Å². The number of pyridine rings is 1. The van der Waals surface area contributed by atoms with Gasteiger partial charge in [-0.25, -0.2) is 0 Å². The summed E-state index contributed by atoms with van der Waals surface area (Å²) in [5.41, 5.74) is 2.17. The largest absolute Gasteiger partial charge is 0.337 e. The molecule has 2 aromatic heterocycles. The highest BCUT2D eigenvalue weighted by Gasteiger charge is 2.21. The second-order valence-corrected chi connectivity index (χ2v) is 5.20. The van der Waals surface area contributed by atoms with Crippen LogP contribution in [0.25, 0.3) is 11.4 Å². The average molecular weight is 272 g/mol. The summed E-state index contributed by atoms with van der Waals surface area (Å²) in [7, 11) is 0. The van der Waals surface area contributed by atoms with Crippen LogP contribution >= 0.6 is 0 Å². The van der Waals surface area contributed by atoms with Gasteiger partial charge in [-0.05, 0) is 37.4 Å². The maximum Gasteiger partial charge on any atom is 0.244 e. The maximum absolute atomic E-state index is 5.47. The van der Waals surface area contributed by atoms with Crippen molar-refractivity contribution < 1.29 is 4.52 Å². The minimum Gasteiger partial charge on any atom is -0.337 e. The first-order valence-corrected chi connectivity index (χ1v) is 7.38. The lowest BCUT2D eigenvalue weighted by molar-refractivity contribution is 0.327. The van der Waals surface area contributed by atoms with E-state index in [1.165, 1.54) is 19.3 Å². The highest BCUT2D eigenvalue weighted by Crippen LogP contribution is 2.25. The third-order valence-electron chi connectivity index (χ3n) is 3.83. The van der Waals surface area contributed by atoms with Gasteiger partial charge < -0.3 is 9.84 Å². The smallest absolute Gasteiger partial charge is 0.244 e. The van der Waals surface area contributed by atoms with Crippen molar-refractivity contribution in [2.24, 2.45) is 0 Å². The third kappa shape index (κ3) is 2.72. The van der Waals surface area contributed by atoms with Crippen LogP contribution in [0.4, 0.5) is 0 Å². The maximum atomic E-state index is 5.47. The Morgan fingerprint density at radius 3 is 3.20 bits per heavy atom. The summed E-state index contributed by atoms with van der Waals surface area (Å²) in [6, 6.07) is 2.15. The lowest BCUT2D eigenvalue weighted by Gasteiger charge is -2.09. The minimum atomic E-state index is 0.200. The van der Waals surface area contributed by atoms with Crippen LogP contribution in [0.1, 0.15) is 50.1 Å². The van der Waals surface area contributed by atoms with Gasteiger partial charge in [-0.15, -0.1) is 0 Å². The van der Waals surface area contributed by atoms with Crippen molar-refractivity contribution in [3.8, 4) is 11.4 Å². The van der Waals surface area contributed by atoms with E-state index in [1.807, 2.05) is 12.3 Å². The van der Waals surface area contributed by atoms with Crippen LogP contribution in [0.5, 0.6) is 0 Å². The van der Waals surface area contributed by atoms with Gasteiger partial charge in [0.15, 0.2) is 0 Å². The minimum absolute atomic E-state index is 0.200. The highest BCUT2D eigenvalue weighted by molar-refractivity contribution is 5.58. The molecular formula is C15H20N4O. The fraction of sp³-hybridized carbons (Fsp3) is 0.533. The molecule has 1 atom stereocenters. The van der Waals surface area contributed by atoms with Gasteiger partial charge in [0.05, 0.1) is 6.04 Å². The van der Waals surface area contributed by atoms with Gasteiger partial charge in [0.2, 0.25) is 11.7 Å². The van der Waals surface area contributed by atoms with Crippen LogP contribution in [0.2, 0.25) is 0 Å². The molecule has 0 aliphatic carbocycles. The molecular weight excluding hydrogens is 252 g/mol. The van der Waals surface area contributed by atoms with Gasteiger partial charge in [-0.2, -0.15) is 4.98 Å². The first kappa shape index (κ1) is 13.2. The van der Waals surface area contributed by atoms with E-state index in [1.54, 1.807) is 6.20 Å². The molecule has 1 aliphatic heterocycles. The molecule has 20 heavy (non-hydrogen) atoms. The molecule has 1 unspecified atom stereocenters. The summed E-state index contributed by atoms with van der Waals surface area (Å²) in [4.78, 5) is 8.74. The molecule has 2 aromatic rings. The molecule has 0 bridgehead atoms. The molecule has 0 amide bonds. The van der Waals surface area contributed by atoms with Gasteiger partial charge in [-0.1, -0.05) is 24.9 Å². The van der Waals surface area contributed by atoms with Crippen LogP contribution in [-0.2, 0) is 6.42 Å². The van der Waals surface area contributed by atoms with Crippen molar-refractivity contribution in [3.63, 3.8) is 0 Å². The predicted octanol–water partition coefficient (Wildman–Crippen LogP) is 2.90. The van der Waals surface area contributed by atoms with Crippen molar-refractivity contribution in [2.45, 2.75) is 45.1 Å². The van der Waals surface area contributed by atoms with Crippen LogP contribution in [0.3, 0.4) is 0 Å². The number of rotatable bonds is 3. The number of nitrogens with one attached hydrogen (secondary N) is 1. The number of aromatic nitrogens is 3. The number of hydrogen-bond donors (Lipinski definition) is 1. The van der Waals surface area contributed by atoms with Gasteiger partial charge in [0, 0.05) is 18.0 Å². The van der Waals surface area contributed by atoms with Crippen LogP contribution in [0.15, 0.2) is 23.0 Å². The molecule has 106 valence electrons. The molecule has 1 saturated heterocycles.